The van der Waals surface area contributed by atoms with Crippen molar-refractivity contribution in [3.05, 3.63) is 23.5 Å². The monoisotopic (exact) mass is 147 g/mol. The van der Waals surface area contributed by atoms with Crippen LogP contribution in [-0.4, -0.2) is 6.18 Å². The van der Waals surface area contributed by atoms with Crippen LogP contribution in [0.25, 0.3) is 0 Å². The van der Waals surface area contributed by atoms with Crippen LogP contribution in [0.3, 0.4) is 0 Å². The maximum atomic E-state index is 11.7. The predicted molar refractivity (Wildman–Crippen MR) is 28.7 cm³/mol. The van der Waals surface area contributed by atoms with Crippen LogP contribution in [0.2, 0.25) is 0 Å². The Kier molecular flexibility index (Phi) is 1.46. The van der Waals surface area contributed by atoms with Gasteiger partial charge in [0.2, 0.25) is 0 Å². The van der Waals surface area contributed by atoms with E-state index in [4.69, 9.17) is 0 Å². The summed E-state index contributed by atoms with van der Waals surface area (Å²) in [6.45, 7) is 1.52. The van der Waals surface area contributed by atoms with E-state index in [-0.39, 0.29) is 0 Å². The van der Waals surface area contributed by atoms with Crippen LogP contribution in [0.5, 0.6) is 0 Å². The first-order valence-corrected chi connectivity index (χ1v) is 2.59. The highest BCUT2D eigenvalue weighted by Crippen LogP contribution is 2.27. The Bertz CT molecular complexity index is 200. The first kappa shape index (κ1) is 7.18. The van der Waals surface area contributed by atoms with Gasteiger partial charge in [-0.15, -0.1) is 0 Å². The Hall–Kier alpha value is -0.930. The molecule has 0 fully saturated rings. The smallest absolute Gasteiger partial charge is 0.241 e. The molecule has 0 aromatic carbocycles. The van der Waals surface area contributed by atoms with E-state index < -0.39 is 11.9 Å². The van der Waals surface area contributed by atoms with Crippen LogP contribution < -0.4 is 5.32 Å². The van der Waals surface area contributed by atoms with Crippen LogP contribution in [0.4, 0.5) is 13.2 Å². The van der Waals surface area contributed by atoms with Crippen LogP contribution in [-0.2, 0) is 0 Å². The summed E-state index contributed by atoms with van der Waals surface area (Å²) in [6.07, 6.45) is -1.17. The van der Waals surface area contributed by atoms with Crippen LogP contribution in [0.1, 0.15) is 6.92 Å². The summed E-state index contributed by atoms with van der Waals surface area (Å²) < 4.78 is 35.2. The molecule has 0 unspecified atom stereocenters. The molecule has 10 heavy (non-hydrogen) atoms. The summed E-state index contributed by atoms with van der Waals surface area (Å²) in [5, 5.41) is 3.04. The van der Waals surface area contributed by atoms with Gasteiger partial charge >= 0.3 is 6.18 Å². The fourth-order valence-corrected chi connectivity index (χ4v) is 0.563. The van der Waals surface area contributed by atoms with Crippen molar-refractivity contribution >= 4 is 0 Å². The van der Waals surface area contributed by atoms with E-state index in [1.54, 1.807) is 0 Å². The SMILES string of the molecule is CC1=[C][N]C(C(F)(F)F)=C1. The third-order valence-corrected chi connectivity index (χ3v) is 0.996. The van der Waals surface area contributed by atoms with Gasteiger partial charge < -0.3 is 0 Å². The van der Waals surface area contributed by atoms with E-state index >= 15 is 0 Å². The molecule has 0 bridgehead atoms. The summed E-state index contributed by atoms with van der Waals surface area (Å²) in [5.41, 5.74) is -0.461. The minimum Gasteiger partial charge on any atom is -0.241 e. The molecule has 0 N–H and O–H groups in total. The lowest BCUT2D eigenvalue weighted by Gasteiger charge is -2.03. The van der Waals surface area contributed by atoms with Crippen molar-refractivity contribution in [1.29, 1.82) is 0 Å². The van der Waals surface area contributed by atoms with E-state index in [1.807, 2.05) is 0 Å². The molecule has 0 saturated heterocycles. The molecule has 4 heteroatoms. The van der Waals surface area contributed by atoms with Gasteiger partial charge in [0.1, 0.15) is 5.70 Å². The maximum Gasteiger partial charge on any atom is 0.433 e. The van der Waals surface area contributed by atoms with E-state index in [1.165, 1.54) is 6.92 Å². The van der Waals surface area contributed by atoms with Gasteiger partial charge in [0.25, 0.3) is 0 Å². The normalized spacial score (nSPS) is 18.0. The fourth-order valence-electron chi connectivity index (χ4n) is 0.563. The van der Waals surface area contributed by atoms with Crippen LogP contribution in [0.15, 0.2) is 17.3 Å². The Labute approximate surface area is 56.2 Å². The molecule has 0 atom stereocenters. The second kappa shape index (κ2) is 2.04. The first-order chi connectivity index (χ1) is 4.50. The number of alkyl halides is 3. The molecule has 0 spiro atoms. The number of allylic oxidation sites excluding steroid dienone is 3. The molecule has 0 saturated carbocycles. The molecule has 54 valence electrons. The van der Waals surface area contributed by atoms with E-state index in [0.29, 0.717) is 5.57 Å². The fraction of sp³-hybridized carbons (Fsp3) is 0.333. The van der Waals surface area contributed by atoms with Gasteiger partial charge in [0.05, 0.1) is 6.20 Å². The van der Waals surface area contributed by atoms with E-state index in [0.717, 1.165) is 6.08 Å². The van der Waals surface area contributed by atoms with Gasteiger partial charge in [-0.25, -0.2) is 5.32 Å². The van der Waals surface area contributed by atoms with Crippen molar-refractivity contribution in [3.63, 3.8) is 0 Å². The Morgan fingerprint density at radius 2 is 2.10 bits per heavy atom. The topological polar surface area (TPSA) is 14.1 Å². The van der Waals surface area contributed by atoms with E-state index in [9.17, 15) is 13.2 Å². The molecular formula is C6H4F3N. The van der Waals surface area contributed by atoms with Gasteiger partial charge in [-0.05, 0) is 18.6 Å². The average molecular weight is 147 g/mol. The minimum absolute atomic E-state index is 0.410. The first-order valence-electron chi connectivity index (χ1n) is 2.59. The Balaban J connectivity index is 2.73. The zero-order valence-corrected chi connectivity index (χ0v) is 5.16. The lowest BCUT2D eigenvalue weighted by atomic mass is 10.3. The van der Waals surface area contributed by atoms with Crippen molar-refractivity contribution in [2.75, 3.05) is 0 Å². The maximum absolute atomic E-state index is 11.7. The lowest BCUT2D eigenvalue weighted by molar-refractivity contribution is -0.0955. The highest BCUT2D eigenvalue weighted by atomic mass is 19.4. The van der Waals surface area contributed by atoms with Gasteiger partial charge in [-0.1, -0.05) is 0 Å². The number of nitrogens with zero attached hydrogens (tertiary/aromatic N) is 1. The van der Waals surface area contributed by atoms with E-state index in [2.05, 4.69) is 11.5 Å². The highest BCUT2D eigenvalue weighted by molar-refractivity contribution is 5.27. The molecule has 1 heterocycles. The number of rotatable bonds is 0. The standard InChI is InChI=1S/C6H4F3N/c1-4-2-5(10-3-4)6(7,8)9/h2H,1H3. The molecule has 1 rings (SSSR count). The lowest BCUT2D eigenvalue weighted by Crippen LogP contribution is -2.15. The third kappa shape index (κ3) is 1.32. The Morgan fingerprint density at radius 3 is 2.30 bits per heavy atom. The highest BCUT2D eigenvalue weighted by Gasteiger charge is 2.36. The summed E-state index contributed by atoms with van der Waals surface area (Å²) >= 11 is 0. The van der Waals surface area contributed by atoms with Crippen molar-refractivity contribution in [2.24, 2.45) is 0 Å². The molecule has 1 aliphatic rings. The molecule has 1 nitrogen and oxygen atoms in total. The van der Waals surface area contributed by atoms with Crippen molar-refractivity contribution in [3.8, 4) is 0 Å². The molecular weight excluding hydrogens is 143 g/mol. The van der Waals surface area contributed by atoms with Crippen molar-refractivity contribution in [2.45, 2.75) is 13.1 Å². The summed E-state index contributed by atoms with van der Waals surface area (Å²) in [5.74, 6) is 0. The summed E-state index contributed by atoms with van der Waals surface area (Å²) in [7, 11) is 0. The van der Waals surface area contributed by atoms with Crippen LogP contribution in [0, 0.1) is 6.20 Å². The number of hydrogen-bond acceptors (Lipinski definition) is 0. The Morgan fingerprint density at radius 1 is 1.50 bits per heavy atom. The zero-order valence-electron chi connectivity index (χ0n) is 5.16. The molecule has 0 amide bonds. The van der Waals surface area contributed by atoms with Crippen molar-refractivity contribution in [1.82, 2.24) is 5.32 Å². The largest absolute Gasteiger partial charge is 0.433 e. The number of hydrogen-bond donors (Lipinski definition) is 0. The predicted octanol–water partition coefficient (Wildman–Crippen LogP) is 1.76. The third-order valence-electron chi connectivity index (χ3n) is 0.996. The quantitative estimate of drug-likeness (QED) is 0.495. The van der Waals surface area contributed by atoms with Gasteiger partial charge in [0, 0.05) is 0 Å². The molecule has 0 aliphatic carbocycles. The molecule has 2 radical (unpaired) electrons. The van der Waals surface area contributed by atoms with Gasteiger partial charge in [-0.3, -0.25) is 0 Å². The second-order valence-electron chi connectivity index (χ2n) is 1.93. The molecule has 1 aliphatic heterocycles. The second-order valence-corrected chi connectivity index (χ2v) is 1.93. The molecule has 0 aromatic heterocycles. The van der Waals surface area contributed by atoms with Crippen LogP contribution >= 0.6 is 0 Å². The zero-order chi connectivity index (χ0) is 7.78. The number of halogens is 3. The molecule has 0 aromatic rings. The van der Waals surface area contributed by atoms with Crippen molar-refractivity contribution < 1.29 is 13.2 Å². The van der Waals surface area contributed by atoms with Gasteiger partial charge in [-0.2, -0.15) is 13.2 Å². The summed E-state index contributed by atoms with van der Waals surface area (Å²) in [6, 6.07) is 0. The summed E-state index contributed by atoms with van der Waals surface area (Å²) in [4.78, 5) is 0. The minimum atomic E-state index is -4.33. The average Bonchev–Trinajstić information content (AvgIpc) is 2.11. The van der Waals surface area contributed by atoms with Gasteiger partial charge in [0.15, 0.2) is 0 Å².